The highest BCUT2D eigenvalue weighted by Gasteiger charge is 2.26. The van der Waals surface area contributed by atoms with E-state index in [2.05, 4.69) is 34.1 Å². The van der Waals surface area contributed by atoms with E-state index in [1.54, 1.807) is 6.33 Å². The first-order valence-electron chi connectivity index (χ1n) is 9.06. The molecule has 7 heteroatoms. The van der Waals surface area contributed by atoms with Crippen molar-refractivity contribution in [1.29, 1.82) is 0 Å². The molecule has 1 saturated heterocycles. The van der Waals surface area contributed by atoms with Gasteiger partial charge in [-0.3, -0.25) is 4.79 Å². The first-order valence-corrected chi connectivity index (χ1v) is 9.88. The number of anilines is 1. The molecule has 2 aromatic heterocycles. The summed E-state index contributed by atoms with van der Waals surface area (Å²) in [5, 5.41) is 0.887. The van der Waals surface area contributed by atoms with Crippen molar-refractivity contribution >= 4 is 26.8 Å². The second-order valence-corrected chi connectivity index (χ2v) is 7.88. The summed E-state index contributed by atoms with van der Waals surface area (Å²) in [6.07, 6.45) is 4.18. The Bertz CT molecular complexity index is 1000. The summed E-state index contributed by atoms with van der Waals surface area (Å²) in [6.45, 7) is 3.72. The Morgan fingerprint density at radius 3 is 2.81 bits per heavy atom. The molecule has 0 unspecified atom stereocenters. The second kappa shape index (κ2) is 6.48. The zero-order valence-electron chi connectivity index (χ0n) is 14.4. The molecule has 6 nitrogen and oxygen atoms in total. The predicted octanol–water partition coefficient (Wildman–Crippen LogP) is 2.62. The zero-order valence-corrected chi connectivity index (χ0v) is 15.2. The van der Waals surface area contributed by atoms with E-state index < -0.39 is 0 Å². The average Bonchev–Trinajstić information content (AvgIpc) is 3.42. The van der Waals surface area contributed by atoms with Gasteiger partial charge in [-0.2, -0.15) is 4.98 Å². The largest absolute Gasteiger partial charge is 0.378 e. The molecule has 1 aliphatic heterocycles. The van der Waals surface area contributed by atoms with Gasteiger partial charge in [-0.25, -0.2) is 4.98 Å². The Kier molecular flexibility index (Phi) is 3.98. The van der Waals surface area contributed by atoms with Crippen molar-refractivity contribution in [3.8, 4) is 0 Å². The molecule has 0 radical (unpaired) electrons. The third-order valence-corrected chi connectivity index (χ3v) is 6.17. The number of hydrogen-bond donors (Lipinski definition) is 0. The van der Waals surface area contributed by atoms with E-state index in [0.29, 0.717) is 30.4 Å². The lowest BCUT2D eigenvalue weighted by Gasteiger charge is -2.25. The zero-order chi connectivity index (χ0) is 17.5. The van der Waals surface area contributed by atoms with Crippen molar-refractivity contribution in [3.05, 3.63) is 52.1 Å². The van der Waals surface area contributed by atoms with E-state index in [1.807, 2.05) is 4.57 Å². The van der Waals surface area contributed by atoms with Gasteiger partial charge in [0, 0.05) is 13.1 Å². The summed E-state index contributed by atoms with van der Waals surface area (Å²) in [4.78, 5) is 23.3. The van der Waals surface area contributed by atoms with Gasteiger partial charge in [0.25, 0.3) is 5.56 Å². The first-order chi connectivity index (χ1) is 12.8. The minimum Gasteiger partial charge on any atom is -0.378 e. The normalized spacial score (nSPS) is 17.8. The number of ether oxygens (including phenoxy) is 1. The van der Waals surface area contributed by atoms with E-state index in [1.165, 1.54) is 35.3 Å². The van der Waals surface area contributed by atoms with Gasteiger partial charge in [-0.15, -0.1) is 0 Å². The van der Waals surface area contributed by atoms with E-state index >= 15 is 0 Å². The van der Waals surface area contributed by atoms with E-state index in [9.17, 15) is 4.79 Å². The van der Waals surface area contributed by atoms with Gasteiger partial charge >= 0.3 is 0 Å². The van der Waals surface area contributed by atoms with Crippen LogP contribution in [0.5, 0.6) is 0 Å². The van der Waals surface area contributed by atoms with Crippen molar-refractivity contribution in [1.82, 2.24) is 14.5 Å². The lowest BCUT2D eigenvalue weighted by molar-refractivity contribution is 0.122. The minimum absolute atomic E-state index is 0.191. The van der Waals surface area contributed by atoms with Crippen LogP contribution in [0.1, 0.15) is 29.9 Å². The van der Waals surface area contributed by atoms with Crippen LogP contribution in [0.15, 0.2) is 35.4 Å². The molecule has 0 spiro atoms. The molecule has 0 bridgehead atoms. The van der Waals surface area contributed by atoms with Crippen LogP contribution in [-0.2, 0) is 11.3 Å². The molecule has 134 valence electrons. The summed E-state index contributed by atoms with van der Waals surface area (Å²) in [5.74, 6) is 0.688. The number of rotatable bonds is 4. The fourth-order valence-electron chi connectivity index (χ4n) is 3.53. The molecular weight excluding hydrogens is 348 g/mol. The number of hydrogen-bond acceptors (Lipinski definition) is 6. The van der Waals surface area contributed by atoms with E-state index in [-0.39, 0.29) is 5.56 Å². The number of thiazole rings is 1. The third-order valence-electron chi connectivity index (χ3n) is 5.07. The van der Waals surface area contributed by atoms with Crippen molar-refractivity contribution in [2.45, 2.75) is 25.3 Å². The van der Waals surface area contributed by atoms with Crippen LogP contribution in [0.25, 0.3) is 10.3 Å². The number of morpholine rings is 1. The monoisotopic (exact) mass is 368 g/mol. The quantitative estimate of drug-likeness (QED) is 0.708. The summed E-state index contributed by atoms with van der Waals surface area (Å²) in [6, 6.07) is 8.58. The molecule has 2 fully saturated rings. The molecule has 3 aromatic rings. The van der Waals surface area contributed by atoms with E-state index in [4.69, 9.17) is 9.72 Å². The molecule has 0 atom stereocenters. The Morgan fingerprint density at radius 1 is 1.19 bits per heavy atom. The molecule has 0 amide bonds. The van der Waals surface area contributed by atoms with Gasteiger partial charge in [0.1, 0.15) is 11.0 Å². The summed E-state index contributed by atoms with van der Waals surface area (Å²) < 4.78 is 8.07. The molecule has 5 rings (SSSR count). The number of benzene rings is 1. The maximum absolute atomic E-state index is 12.3. The standard InChI is InChI=1S/C19H20N4O2S/c24-18-16-17(21-19(26-16)22-7-9-25-10-8-22)23(12-20-18)11-14-3-1-2-4-15(14)13-5-6-13/h1-4,12-13H,5-11H2. The van der Waals surface area contributed by atoms with Crippen LogP contribution < -0.4 is 10.5 Å². The van der Waals surface area contributed by atoms with E-state index in [0.717, 1.165) is 23.9 Å². The summed E-state index contributed by atoms with van der Waals surface area (Å²) >= 11 is 1.44. The van der Waals surface area contributed by atoms with Crippen LogP contribution in [0.2, 0.25) is 0 Å². The molecule has 1 aromatic carbocycles. The lowest BCUT2D eigenvalue weighted by atomic mass is 10.0. The smallest absolute Gasteiger partial charge is 0.292 e. The van der Waals surface area contributed by atoms with Gasteiger partial charge in [0.05, 0.1) is 19.8 Å². The first kappa shape index (κ1) is 16.0. The van der Waals surface area contributed by atoms with Crippen molar-refractivity contribution in [2.24, 2.45) is 0 Å². The van der Waals surface area contributed by atoms with Crippen molar-refractivity contribution < 1.29 is 4.74 Å². The topological polar surface area (TPSA) is 60.2 Å². The van der Waals surface area contributed by atoms with Gasteiger partial charge in [0.15, 0.2) is 10.8 Å². The maximum Gasteiger partial charge on any atom is 0.292 e. The molecule has 1 aliphatic carbocycles. The summed E-state index contributed by atoms with van der Waals surface area (Å²) in [5.41, 5.74) is 3.26. The number of fused-ring (bicyclic) bond motifs is 1. The average molecular weight is 368 g/mol. The van der Waals surface area contributed by atoms with Crippen molar-refractivity contribution in [2.75, 3.05) is 31.2 Å². The molecule has 2 aliphatic rings. The highest BCUT2D eigenvalue weighted by molar-refractivity contribution is 7.22. The van der Waals surface area contributed by atoms with Gasteiger partial charge in [-0.05, 0) is 29.9 Å². The Hall–Kier alpha value is -2.25. The maximum atomic E-state index is 12.3. The molecular formula is C19H20N4O2S. The molecule has 26 heavy (non-hydrogen) atoms. The molecule has 0 N–H and O–H groups in total. The fourth-order valence-corrected chi connectivity index (χ4v) is 4.55. The number of aromatic nitrogens is 3. The SMILES string of the molecule is O=c1ncn(Cc2ccccc2C2CC2)c2nc(N3CCOCC3)sc12. The highest BCUT2D eigenvalue weighted by atomic mass is 32.1. The van der Waals surface area contributed by atoms with Crippen LogP contribution >= 0.6 is 11.3 Å². The minimum atomic E-state index is -0.191. The van der Waals surface area contributed by atoms with Gasteiger partial charge < -0.3 is 14.2 Å². The predicted molar refractivity (Wildman–Crippen MR) is 102 cm³/mol. The van der Waals surface area contributed by atoms with Crippen LogP contribution in [0.4, 0.5) is 5.13 Å². The Balaban J connectivity index is 1.54. The van der Waals surface area contributed by atoms with Crippen LogP contribution in [0.3, 0.4) is 0 Å². The van der Waals surface area contributed by atoms with Gasteiger partial charge in [0.2, 0.25) is 0 Å². The Morgan fingerprint density at radius 2 is 2.00 bits per heavy atom. The van der Waals surface area contributed by atoms with Crippen LogP contribution in [-0.4, -0.2) is 40.8 Å². The third kappa shape index (κ3) is 2.91. The van der Waals surface area contributed by atoms with Crippen molar-refractivity contribution in [3.63, 3.8) is 0 Å². The van der Waals surface area contributed by atoms with Crippen LogP contribution in [0, 0.1) is 0 Å². The Labute approximate surface area is 155 Å². The fraction of sp³-hybridized carbons (Fsp3) is 0.421. The highest BCUT2D eigenvalue weighted by Crippen LogP contribution is 2.41. The van der Waals surface area contributed by atoms with Gasteiger partial charge in [-0.1, -0.05) is 35.6 Å². The number of nitrogens with zero attached hydrogens (tertiary/aromatic N) is 4. The molecule has 1 saturated carbocycles. The molecule has 3 heterocycles. The summed E-state index contributed by atoms with van der Waals surface area (Å²) in [7, 11) is 0. The second-order valence-electron chi connectivity index (χ2n) is 6.90. The lowest BCUT2D eigenvalue weighted by Crippen LogP contribution is -2.36.